The van der Waals surface area contributed by atoms with Gasteiger partial charge in [0.1, 0.15) is 11.5 Å². The van der Waals surface area contributed by atoms with Gasteiger partial charge in [0.25, 0.3) is 0 Å². The average molecular weight is 496 g/mol. The largest absolute Gasteiger partial charge is 0.506 e. The van der Waals surface area contributed by atoms with Gasteiger partial charge in [0, 0.05) is 5.41 Å². The fourth-order valence-electron chi connectivity index (χ4n) is 3.06. The second-order valence-electron chi connectivity index (χ2n) is 7.61. The van der Waals surface area contributed by atoms with E-state index in [-0.39, 0.29) is 17.8 Å². The number of aromatic hydroxyl groups is 2. The van der Waals surface area contributed by atoms with E-state index >= 15 is 0 Å². The van der Waals surface area contributed by atoms with Crippen LogP contribution in [0.25, 0.3) is 0 Å². The number of nitrogens with two attached hydrogens (primary N) is 2. The zero-order valence-electron chi connectivity index (χ0n) is 18.8. The van der Waals surface area contributed by atoms with Gasteiger partial charge in [-0.05, 0) is 55.2 Å². The first-order chi connectivity index (χ1) is 15.5. The summed E-state index contributed by atoms with van der Waals surface area (Å²) in [6.07, 6.45) is -5.80. The zero-order chi connectivity index (χ0) is 26.5. The second-order valence-corrected chi connectivity index (χ2v) is 7.61. The molecular weight excluding hydrogens is 469 g/mol. The lowest BCUT2D eigenvalue weighted by Gasteiger charge is -2.30. The van der Waals surface area contributed by atoms with Crippen molar-refractivity contribution in [2.24, 2.45) is 0 Å². The Morgan fingerprint density at radius 2 is 1.15 bits per heavy atom. The van der Waals surface area contributed by atoms with Crippen molar-refractivity contribution in [3.63, 3.8) is 0 Å². The maximum atomic E-state index is 13.4. The van der Waals surface area contributed by atoms with Gasteiger partial charge in [0.15, 0.2) is 0 Å². The molecular formula is C23H27F7N2O2. The predicted octanol–water partition coefficient (Wildman–Crippen LogP) is 6.94. The average Bonchev–Trinajstić information content (AvgIpc) is 2.73. The molecule has 34 heavy (non-hydrogen) atoms. The summed E-state index contributed by atoms with van der Waals surface area (Å²) < 4.78 is 91.0. The zero-order valence-corrected chi connectivity index (χ0v) is 18.8. The molecule has 2 aromatic carbocycles. The van der Waals surface area contributed by atoms with Gasteiger partial charge < -0.3 is 21.7 Å². The van der Waals surface area contributed by atoms with Crippen molar-refractivity contribution in [3.05, 3.63) is 58.7 Å². The normalized spacial score (nSPS) is 12.5. The van der Waals surface area contributed by atoms with Crippen LogP contribution in [0.1, 0.15) is 55.9 Å². The number of hydrogen-bond acceptors (Lipinski definition) is 4. The molecule has 0 aliphatic carbocycles. The molecule has 0 heterocycles. The summed E-state index contributed by atoms with van der Waals surface area (Å²) in [6.45, 7) is 4.70. The Balaban J connectivity index is 0.00000133. The monoisotopic (exact) mass is 496 g/mol. The van der Waals surface area contributed by atoms with E-state index in [1.54, 1.807) is 19.9 Å². The fraction of sp³-hybridized carbons (Fsp3) is 0.391. The summed E-state index contributed by atoms with van der Waals surface area (Å²) >= 11 is 0. The minimum absolute atomic E-state index is 0.177. The minimum atomic E-state index is -4.91. The van der Waals surface area contributed by atoms with E-state index in [2.05, 4.69) is 0 Å². The van der Waals surface area contributed by atoms with Crippen LogP contribution in [0.15, 0.2) is 36.4 Å². The number of phenols is 2. The third-order valence-corrected chi connectivity index (χ3v) is 5.00. The number of anilines is 2. The van der Waals surface area contributed by atoms with Crippen LogP contribution in [0.5, 0.6) is 11.5 Å². The number of halogens is 7. The second kappa shape index (κ2) is 10.9. The fourth-order valence-corrected chi connectivity index (χ4v) is 3.06. The Kier molecular flexibility index (Phi) is 9.25. The molecule has 190 valence electrons. The van der Waals surface area contributed by atoms with Gasteiger partial charge in [0.05, 0.1) is 29.2 Å². The lowest BCUT2D eigenvalue weighted by Crippen LogP contribution is -2.24. The Morgan fingerprint density at radius 3 is 1.41 bits per heavy atom. The third-order valence-electron chi connectivity index (χ3n) is 5.00. The number of alkyl halides is 7. The smallest absolute Gasteiger partial charge is 0.418 e. The molecule has 2 aromatic rings. The van der Waals surface area contributed by atoms with Crippen LogP contribution >= 0.6 is 0 Å². The molecule has 0 fully saturated rings. The van der Waals surface area contributed by atoms with Crippen molar-refractivity contribution in [3.8, 4) is 11.5 Å². The van der Waals surface area contributed by atoms with Crippen molar-refractivity contribution in [1.82, 2.24) is 0 Å². The highest BCUT2D eigenvalue weighted by molar-refractivity contribution is 5.66. The highest BCUT2D eigenvalue weighted by Gasteiger charge is 2.39. The molecule has 0 bridgehead atoms. The first kappa shape index (κ1) is 28.9. The van der Waals surface area contributed by atoms with Crippen molar-refractivity contribution >= 4 is 11.4 Å². The van der Waals surface area contributed by atoms with E-state index in [9.17, 15) is 40.9 Å². The summed E-state index contributed by atoms with van der Waals surface area (Å²) in [5.41, 5.74) is 4.30. The van der Waals surface area contributed by atoms with Gasteiger partial charge in [-0.25, -0.2) is 0 Å². The molecule has 11 heteroatoms. The molecule has 0 aliphatic heterocycles. The molecule has 0 radical (unpaired) electrons. The van der Waals surface area contributed by atoms with E-state index in [1.165, 1.54) is 13.0 Å². The van der Waals surface area contributed by atoms with Crippen LogP contribution < -0.4 is 11.5 Å². The Hall–Kier alpha value is -3.11. The molecule has 0 saturated carbocycles. The van der Waals surface area contributed by atoms with Crippen LogP contribution in [-0.2, 0) is 17.8 Å². The maximum Gasteiger partial charge on any atom is 0.418 e. The lowest BCUT2D eigenvalue weighted by molar-refractivity contribution is -0.137. The van der Waals surface area contributed by atoms with E-state index in [1.807, 2.05) is 0 Å². The number of allylic oxidation sites excluding steroid dienone is 2. The molecule has 0 aliphatic rings. The van der Waals surface area contributed by atoms with Gasteiger partial charge in [-0.1, -0.05) is 26.0 Å². The van der Waals surface area contributed by atoms with Crippen LogP contribution in [-0.4, -0.2) is 16.9 Å². The number of hydrogen-bond donors (Lipinski definition) is 4. The molecule has 6 N–H and O–H groups in total. The summed E-state index contributed by atoms with van der Waals surface area (Å²) in [5.74, 6) is -1.74. The summed E-state index contributed by atoms with van der Waals surface area (Å²) in [6, 6.07) is 3.22. The molecule has 2 rings (SSSR count). The van der Waals surface area contributed by atoms with Crippen LogP contribution in [0.2, 0.25) is 0 Å². The SMILES string of the molecule is CCC=CC(C)(c1cc(O)c(N)c(C(F)(F)F)c1)c1cc(O)c(N)c(C(F)(F)F)c1.CCCF. The van der Waals surface area contributed by atoms with Gasteiger partial charge in [-0.2, -0.15) is 26.3 Å². The first-order valence-electron chi connectivity index (χ1n) is 10.2. The quantitative estimate of drug-likeness (QED) is 0.156. The van der Waals surface area contributed by atoms with Crippen LogP contribution in [0.3, 0.4) is 0 Å². The summed E-state index contributed by atoms with van der Waals surface area (Å²) in [4.78, 5) is 0. The Bertz CT molecular complexity index is 944. The minimum Gasteiger partial charge on any atom is -0.506 e. The van der Waals surface area contributed by atoms with Gasteiger partial charge in [0.2, 0.25) is 0 Å². The molecule has 0 spiro atoms. The Labute approximate surface area is 192 Å². The van der Waals surface area contributed by atoms with Crippen molar-refractivity contribution in [2.75, 3.05) is 18.1 Å². The van der Waals surface area contributed by atoms with E-state index in [0.29, 0.717) is 25.0 Å². The van der Waals surface area contributed by atoms with E-state index in [0.717, 1.165) is 12.1 Å². The first-order valence-corrected chi connectivity index (χ1v) is 10.2. The number of nitrogen functional groups attached to an aromatic ring is 2. The van der Waals surface area contributed by atoms with Gasteiger partial charge in [-0.3, -0.25) is 4.39 Å². The highest BCUT2D eigenvalue weighted by atomic mass is 19.4. The van der Waals surface area contributed by atoms with Gasteiger partial charge >= 0.3 is 12.4 Å². The molecule has 0 atom stereocenters. The van der Waals surface area contributed by atoms with Crippen molar-refractivity contribution in [2.45, 2.75) is 51.4 Å². The van der Waals surface area contributed by atoms with E-state index < -0.39 is 51.8 Å². The van der Waals surface area contributed by atoms with E-state index in [4.69, 9.17) is 11.5 Å². The standard InChI is InChI=1S/C20H20F6N2O2.C3H7F/c1-3-4-5-18(2,10-6-12(19(21,22)23)16(27)14(29)8-10)11-7-13(20(24,25)26)17(28)15(30)9-11;1-2-3-4/h4-9,29-30H,3,27-28H2,1-2H3;2-3H2,1H3. The van der Waals surface area contributed by atoms with Crippen molar-refractivity contribution < 1.29 is 40.9 Å². The maximum absolute atomic E-state index is 13.4. The van der Waals surface area contributed by atoms with Crippen molar-refractivity contribution in [1.29, 1.82) is 0 Å². The molecule has 0 aromatic heterocycles. The Morgan fingerprint density at radius 1 is 0.794 bits per heavy atom. The third kappa shape index (κ3) is 6.48. The summed E-state index contributed by atoms with van der Waals surface area (Å²) in [5, 5.41) is 19.9. The van der Waals surface area contributed by atoms with Gasteiger partial charge in [-0.15, -0.1) is 0 Å². The number of rotatable bonds is 5. The highest BCUT2D eigenvalue weighted by Crippen LogP contribution is 2.46. The molecule has 0 saturated heterocycles. The van der Waals surface area contributed by atoms with Crippen LogP contribution in [0, 0.1) is 0 Å². The van der Waals surface area contributed by atoms with Crippen LogP contribution in [0.4, 0.5) is 42.1 Å². The summed E-state index contributed by atoms with van der Waals surface area (Å²) in [7, 11) is 0. The molecule has 0 amide bonds. The molecule has 0 unspecified atom stereocenters. The topological polar surface area (TPSA) is 92.5 Å². The number of benzene rings is 2. The lowest BCUT2D eigenvalue weighted by atomic mass is 9.74. The number of phenolic OH excluding ortho intramolecular Hbond substituents is 2. The predicted molar refractivity (Wildman–Crippen MR) is 117 cm³/mol. The molecule has 4 nitrogen and oxygen atoms in total.